The number of carbonyl (C=O) groups is 1. The Morgan fingerprint density at radius 3 is 2.48 bits per heavy atom. The molecule has 0 bridgehead atoms. The SMILES string of the molecule is COc1ccccc1/C=C1\Oc2c(ccc(OCc3ccc([N+](=O)[O-])cc3)c2C)C1=O. The van der Waals surface area contributed by atoms with Gasteiger partial charge in [0.2, 0.25) is 5.78 Å². The molecule has 0 saturated heterocycles. The van der Waals surface area contributed by atoms with Crippen LogP contribution in [0.25, 0.3) is 6.08 Å². The maximum absolute atomic E-state index is 12.8. The van der Waals surface area contributed by atoms with E-state index in [2.05, 4.69) is 0 Å². The van der Waals surface area contributed by atoms with Crippen molar-refractivity contribution in [2.75, 3.05) is 7.11 Å². The lowest BCUT2D eigenvalue weighted by Gasteiger charge is -2.11. The van der Waals surface area contributed by atoms with E-state index in [-0.39, 0.29) is 23.8 Å². The lowest BCUT2D eigenvalue weighted by atomic mass is 10.1. The van der Waals surface area contributed by atoms with Gasteiger partial charge in [-0.25, -0.2) is 0 Å². The van der Waals surface area contributed by atoms with E-state index in [1.54, 1.807) is 37.5 Å². The first kappa shape index (κ1) is 20.2. The highest BCUT2D eigenvalue weighted by Crippen LogP contribution is 2.40. The fraction of sp³-hybridized carbons (Fsp3) is 0.125. The van der Waals surface area contributed by atoms with Gasteiger partial charge >= 0.3 is 0 Å². The van der Waals surface area contributed by atoms with Crippen molar-refractivity contribution < 1.29 is 23.9 Å². The number of nitro groups is 1. The molecule has 0 saturated carbocycles. The molecule has 0 aromatic heterocycles. The lowest BCUT2D eigenvalue weighted by molar-refractivity contribution is -0.384. The maximum atomic E-state index is 12.8. The third-order valence-corrected chi connectivity index (χ3v) is 5.00. The van der Waals surface area contributed by atoms with E-state index in [0.717, 1.165) is 11.1 Å². The van der Waals surface area contributed by atoms with Crippen molar-refractivity contribution in [3.05, 3.63) is 98.8 Å². The number of ketones is 1. The lowest BCUT2D eigenvalue weighted by Crippen LogP contribution is -1.99. The molecular formula is C24H19NO6. The van der Waals surface area contributed by atoms with Crippen LogP contribution in [0, 0.1) is 17.0 Å². The molecular weight excluding hydrogens is 398 g/mol. The van der Waals surface area contributed by atoms with Crippen LogP contribution in [0.2, 0.25) is 0 Å². The highest BCUT2D eigenvalue weighted by atomic mass is 16.6. The Bertz CT molecular complexity index is 1200. The van der Waals surface area contributed by atoms with Crippen LogP contribution in [0.1, 0.15) is 27.0 Å². The fourth-order valence-electron chi connectivity index (χ4n) is 3.33. The van der Waals surface area contributed by atoms with E-state index in [4.69, 9.17) is 14.2 Å². The third-order valence-electron chi connectivity index (χ3n) is 5.00. The van der Waals surface area contributed by atoms with Crippen LogP contribution in [0.4, 0.5) is 5.69 Å². The summed E-state index contributed by atoms with van der Waals surface area (Å²) in [6, 6.07) is 16.9. The standard InChI is InChI=1S/C24H19NO6/c1-15-20(30-14-16-7-9-18(10-8-16)25(27)28)12-11-19-23(26)22(31-24(15)19)13-17-5-3-4-6-21(17)29-2/h3-13H,14H2,1-2H3/b22-13-. The predicted octanol–water partition coefficient (Wildman–Crippen LogP) is 5.11. The second-order valence-electron chi connectivity index (χ2n) is 6.96. The minimum absolute atomic E-state index is 0.0266. The maximum Gasteiger partial charge on any atom is 0.269 e. The number of carbonyl (C=O) groups excluding carboxylic acids is 1. The Morgan fingerprint density at radius 2 is 1.77 bits per heavy atom. The van der Waals surface area contributed by atoms with Crippen LogP contribution in [-0.4, -0.2) is 17.8 Å². The van der Waals surface area contributed by atoms with Crippen LogP contribution in [-0.2, 0) is 6.61 Å². The average molecular weight is 417 g/mol. The summed E-state index contributed by atoms with van der Waals surface area (Å²) in [6.45, 7) is 2.05. The molecule has 0 aliphatic carbocycles. The molecule has 0 spiro atoms. The van der Waals surface area contributed by atoms with Gasteiger partial charge in [0.1, 0.15) is 23.9 Å². The summed E-state index contributed by atoms with van der Waals surface area (Å²) >= 11 is 0. The summed E-state index contributed by atoms with van der Waals surface area (Å²) in [5, 5.41) is 10.8. The molecule has 1 heterocycles. The molecule has 1 aliphatic heterocycles. The molecule has 0 radical (unpaired) electrons. The summed E-state index contributed by atoms with van der Waals surface area (Å²) in [4.78, 5) is 23.1. The summed E-state index contributed by atoms with van der Waals surface area (Å²) < 4.78 is 17.1. The molecule has 7 heteroatoms. The number of allylic oxidation sites excluding steroid dienone is 1. The van der Waals surface area contributed by atoms with Gasteiger partial charge in [-0.05, 0) is 48.9 Å². The molecule has 0 fully saturated rings. The Morgan fingerprint density at radius 1 is 1.03 bits per heavy atom. The molecule has 31 heavy (non-hydrogen) atoms. The number of fused-ring (bicyclic) bond motifs is 1. The van der Waals surface area contributed by atoms with Gasteiger partial charge in [-0.1, -0.05) is 18.2 Å². The summed E-state index contributed by atoms with van der Waals surface area (Å²) in [7, 11) is 1.57. The molecule has 0 N–H and O–H groups in total. The Labute approximate surface area is 178 Å². The number of ether oxygens (including phenoxy) is 3. The second-order valence-corrected chi connectivity index (χ2v) is 6.96. The molecule has 1 aliphatic rings. The molecule has 0 atom stereocenters. The zero-order chi connectivity index (χ0) is 22.0. The van der Waals surface area contributed by atoms with Crippen LogP contribution >= 0.6 is 0 Å². The molecule has 156 valence electrons. The van der Waals surface area contributed by atoms with Gasteiger partial charge in [0.25, 0.3) is 5.69 Å². The largest absolute Gasteiger partial charge is 0.496 e. The first-order valence-electron chi connectivity index (χ1n) is 9.55. The smallest absolute Gasteiger partial charge is 0.269 e. The van der Waals surface area contributed by atoms with E-state index in [9.17, 15) is 14.9 Å². The Kier molecular flexibility index (Phi) is 5.41. The number of methoxy groups -OCH3 is 1. The molecule has 3 aromatic carbocycles. The van der Waals surface area contributed by atoms with Gasteiger partial charge in [0, 0.05) is 23.3 Å². The Hall–Kier alpha value is -4.13. The van der Waals surface area contributed by atoms with Crippen LogP contribution in [0.3, 0.4) is 0 Å². The number of hydrogen-bond donors (Lipinski definition) is 0. The Balaban J connectivity index is 1.55. The van der Waals surface area contributed by atoms with Gasteiger partial charge in [-0.3, -0.25) is 14.9 Å². The fourth-order valence-corrected chi connectivity index (χ4v) is 3.33. The van der Waals surface area contributed by atoms with Crippen molar-refractivity contribution >= 4 is 17.5 Å². The van der Waals surface area contributed by atoms with Gasteiger partial charge in [-0.15, -0.1) is 0 Å². The van der Waals surface area contributed by atoms with Crippen molar-refractivity contribution in [3.63, 3.8) is 0 Å². The van der Waals surface area contributed by atoms with Gasteiger partial charge in [0.15, 0.2) is 5.76 Å². The number of rotatable bonds is 6. The van der Waals surface area contributed by atoms with E-state index in [1.807, 2.05) is 31.2 Å². The van der Waals surface area contributed by atoms with Gasteiger partial charge < -0.3 is 14.2 Å². The number of hydrogen-bond acceptors (Lipinski definition) is 6. The average Bonchev–Trinajstić information content (AvgIpc) is 3.10. The first-order valence-corrected chi connectivity index (χ1v) is 9.55. The summed E-state index contributed by atoms with van der Waals surface area (Å²) in [5.41, 5.74) is 2.74. The minimum Gasteiger partial charge on any atom is -0.496 e. The van der Waals surface area contributed by atoms with E-state index in [0.29, 0.717) is 28.4 Å². The zero-order valence-corrected chi connectivity index (χ0v) is 17.0. The van der Waals surface area contributed by atoms with Gasteiger partial charge in [0.05, 0.1) is 17.6 Å². The first-order chi connectivity index (χ1) is 15.0. The van der Waals surface area contributed by atoms with E-state index in [1.165, 1.54) is 12.1 Å². The van der Waals surface area contributed by atoms with E-state index < -0.39 is 4.92 Å². The zero-order valence-electron chi connectivity index (χ0n) is 17.0. The topological polar surface area (TPSA) is 87.9 Å². The molecule has 3 aromatic rings. The van der Waals surface area contributed by atoms with Crippen molar-refractivity contribution in [3.8, 4) is 17.2 Å². The number of para-hydroxylation sites is 1. The number of nitro benzene ring substituents is 1. The van der Waals surface area contributed by atoms with E-state index >= 15 is 0 Å². The normalized spacial score (nSPS) is 13.6. The highest BCUT2D eigenvalue weighted by molar-refractivity contribution is 6.15. The van der Waals surface area contributed by atoms with Crippen molar-refractivity contribution in [2.45, 2.75) is 13.5 Å². The van der Waals surface area contributed by atoms with Crippen molar-refractivity contribution in [1.29, 1.82) is 0 Å². The summed E-state index contributed by atoms with van der Waals surface area (Å²) in [5.74, 6) is 1.70. The third kappa shape index (κ3) is 3.98. The molecule has 4 rings (SSSR count). The molecule has 0 unspecified atom stereocenters. The molecule has 7 nitrogen and oxygen atoms in total. The quantitative estimate of drug-likeness (QED) is 0.315. The van der Waals surface area contributed by atoms with Crippen molar-refractivity contribution in [2.24, 2.45) is 0 Å². The minimum atomic E-state index is -0.445. The monoisotopic (exact) mass is 417 g/mol. The van der Waals surface area contributed by atoms with Crippen LogP contribution in [0.5, 0.6) is 17.2 Å². The number of nitrogens with zero attached hydrogens (tertiary/aromatic N) is 1. The highest BCUT2D eigenvalue weighted by Gasteiger charge is 2.30. The number of Topliss-reactive ketones (excluding diaryl/α,β-unsaturated/α-hetero) is 1. The van der Waals surface area contributed by atoms with Gasteiger partial charge in [-0.2, -0.15) is 0 Å². The van der Waals surface area contributed by atoms with Crippen LogP contribution in [0.15, 0.2) is 66.4 Å². The molecule has 0 amide bonds. The summed E-state index contributed by atoms with van der Waals surface area (Å²) in [6.07, 6.45) is 1.66. The predicted molar refractivity (Wildman–Crippen MR) is 115 cm³/mol. The number of benzene rings is 3. The second kappa shape index (κ2) is 8.31. The van der Waals surface area contributed by atoms with Crippen LogP contribution < -0.4 is 14.2 Å². The van der Waals surface area contributed by atoms with Crippen molar-refractivity contribution in [1.82, 2.24) is 0 Å². The number of non-ortho nitro benzene ring substituents is 1.